The molecule has 2 nitrogen and oxygen atoms in total. The molecule has 0 bridgehead atoms. The van der Waals surface area contributed by atoms with Crippen LogP contribution in [0.3, 0.4) is 0 Å². The summed E-state index contributed by atoms with van der Waals surface area (Å²) in [4.78, 5) is 2.45. The normalized spacial score (nSPS) is 19.7. The summed E-state index contributed by atoms with van der Waals surface area (Å²) in [5.74, 6) is 0.793. The van der Waals surface area contributed by atoms with Gasteiger partial charge in [-0.25, -0.2) is 0 Å². The number of aliphatic hydroxyl groups is 1. The lowest BCUT2D eigenvalue weighted by Crippen LogP contribution is -2.38. The molecule has 2 heteroatoms. The highest BCUT2D eigenvalue weighted by atomic mass is 16.3. The van der Waals surface area contributed by atoms with Crippen molar-refractivity contribution in [2.24, 2.45) is 5.92 Å². The largest absolute Gasteiger partial charge is 0.386 e. The molecule has 0 amide bonds. The van der Waals surface area contributed by atoms with Crippen LogP contribution in [0.25, 0.3) is 0 Å². The Hall–Kier alpha value is -1.64. The fourth-order valence-electron chi connectivity index (χ4n) is 3.38. The summed E-state index contributed by atoms with van der Waals surface area (Å²) in [6.45, 7) is 4.44. The molecule has 0 aromatic heterocycles. The van der Waals surface area contributed by atoms with Gasteiger partial charge in [0.25, 0.3) is 0 Å². The Morgan fingerprint density at radius 3 is 1.91 bits per heavy atom. The summed E-state index contributed by atoms with van der Waals surface area (Å²) < 4.78 is 0. The summed E-state index contributed by atoms with van der Waals surface area (Å²) >= 11 is 0. The van der Waals surface area contributed by atoms with Crippen LogP contribution in [0.15, 0.2) is 60.7 Å². The Labute approximate surface area is 133 Å². The monoisotopic (exact) mass is 295 g/mol. The Kier molecular flexibility index (Phi) is 4.91. The van der Waals surface area contributed by atoms with Crippen LogP contribution < -0.4 is 0 Å². The second-order valence-electron chi connectivity index (χ2n) is 6.43. The molecule has 2 atom stereocenters. The molecule has 2 aromatic rings. The number of nitrogens with zero attached hydrogens (tertiary/aromatic N) is 1. The molecule has 1 saturated heterocycles. The van der Waals surface area contributed by atoms with E-state index in [2.05, 4.69) is 36.1 Å². The number of piperidine rings is 1. The quantitative estimate of drug-likeness (QED) is 0.914. The average Bonchev–Trinajstić information content (AvgIpc) is 2.58. The van der Waals surface area contributed by atoms with E-state index < -0.39 is 6.10 Å². The fourth-order valence-corrected chi connectivity index (χ4v) is 3.38. The predicted octanol–water partition coefficient (Wildman–Crippen LogP) is 4.19. The zero-order chi connectivity index (χ0) is 15.4. The Morgan fingerprint density at radius 1 is 0.864 bits per heavy atom. The lowest BCUT2D eigenvalue weighted by Gasteiger charge is -2.39. The van der Waals surface area contributed by atoms with Gasteiger partial charge in [-0.05, 0) is 43.0 Å². The lowest BCUT2D eigenvalue weighted by atomic mass is 9.91. The SMILES string of the molecule is CC1CCN([C@@H](c2ccccc2)[C@@H](O)c2ccccc2)CC1. The van der Waals surface area contributed by atoms with Crippen LogP contribution in [0.2, 0.25) is 0 Å². The summed E-state index contributed by atoms with van der Waals surface area (Å²) in [5.41, 5.74) is 2.20. The van der Waals surface area contributed by atoms with Crippen LogP contribution in [0.4, 0.5) is 0 Å². The van der Waals surface area contributed by atoms with E-state index in [9.17, 15) is 5.11 Å². The maximum atomic E-state index is 11.0. The molecular weight excluding hydrogens is 270 g/mol. The molecule has 22 heavy (non-hydrogen) atoms. The lowest BCUT2D eigenvalue weighted by molar-refractivity contribution is 0.0284. The van der Waals surface area contributed by atoms with E-state index in [1.54, 1.807) is 0 Å². The highest BCUT2D eigenvalue weighted by molar-refractivity contribution is 5.26. The molecule has 3 rings (SSSR count). The van der Waals surface area contributed by atoms with Gasteiger partial charge in [0.05, 0.1) is 12.1 Å². The van der Waals surface area contributed by atoms with Crippen molar-refractivity contribution in [3.05, 3.63) is 71.8 Å². The molecule has 1 aliphatic rings. The van der Waals surface area contributed by atoms with Crippen molar-refractivity contribution in [3.63, 3.8) is 0 Å². The van der Waals surface area contributed by atoms with Crippen LogP contribution >= 0.6 is 0 Å². The third kappa shape index (κ3) is 3.40. The van der Waals surface area contributed by atoms with E-state index in [0.717, 1.165) is 24.6 Å². The predicted molar refractivity (Wildman–Crippen MR) is 90.6 cm³/mol. The van der Waals surface area contributed by atoms with Gasteiger partial charge in [0.1, 0.15) is 0 Å². The number of aliphatic hydroxyl groups excluding tert-OH is 1. The third-order valence-corrected chi connectivity index (χ3v) is 4.79. The van der Waals surface area contributed by atoms with Gasteiger partial charge in [-0.2, -0.15) is 0 Å². The smallest absolute Gasteiger partial charge is 0.0986 e. The van der Waals surface area contributed by atoms with Crippen LogP contribution in [0, 0.1) is 5.92 Å². The minimum absolute atomic E-state index is 0.0381. The molecule has 1 aliphatic heterocycles. The minimum atomic E-state index is -0.489. The van der Waals surface area contributed by atoms with Gasteiger partial charge in [0.15, 0.2) is 0 Å². The molecule has 1 N–H and O–H groups in total. The molecule has 2 aromatic carbocycles. The molecule has 0 radical (unpaired) electrons. The van der Waals surface area contributed by atoms with Crippen molar-refractivity contribution >= 4 is 0 Å². The Balaban J connectivity index is 1.89. The number of hydrogen-bond acceptors (Lipinski definition) is 2. The van der Waals surface area contributed by atoms with Gasteiger partial charge in [-0.3, -0.25) is 4.90 Å². The van der Waals surface area contributed by atoms with Crippen molar-refractivity contribution in [1.82, 2.24) is 4.90 Å². The van der Waals surface area contributed by atoms with Crippen molar-refractivity contribution < 1.29 is 5.11 Å². The molecule has 1 fully saturated rings. The highest BCUT2D eigenvalue weighted by Gasteiger charge is 2.30. The molecule has 0 aliphatic carbocycles. The molecule has 0 unspecified atom stereocenters. The van der Waals surface area contributed by atoms with Crippen molar-refractivity contribution in [2.45, 2.75) is 31.9 Å². The maximum absolute atomic E-state index is 11.0. The van der Waals surface area contributed by atoms with E-state index in [1.165, 1.54) is 18.4 Å². The summed E-state index contributed by atoms with van der Waals surface area (Å²) in [5, 5.41) is 11.0. The molecule has 0 saturated carbocycles. The number of hydrogen-bond donors (Lipinski definition) is 1. The van der Waals surface area contributed by atoms with Crippen molar-refractivity contribution in [2.75, 3.05) is 13.1 Å². The van der Waals surface area contributed by atoms with Crippen LogP contribution in [0.1, 0.15) is 43.0 Å². The van der Waals surface area contributed by atoms with Crippen LogP contribution in [-0.2, 0) is 0 Å². The fraction of sp³-hybridized carbons (Fsp3) is 0.400. The number of likely N-dealkylation sites (tertiary alicyclic amines) is 1. The van der Waals surface area contributed by atoms with E-state index in [0.29, 0.717) is 0 Å². The Bertz CT molecular complexity index is 561. The van der Waals surface area contributed by atoms with E-state index >= 15 is 0 Å². The molecular formula is C20H25NO. The zero-order valence-corrected chi connectivity index (χ0v) is 13.2. The van der Waals surface area contributed by atoms with Crippen molar-refractivity contribution in [1.29, 1.82) is 0 Å². The first-order chi connectivity index (χ1) is 10.8. The second kappa shape index (κ2) is 7.08. The van der Waals surface area contributed by atoms with E-state index in [1.807, 2.05) is 36.4 Å². The van der Waals surface area contributed by atoms with Gasteiger partial charge in [0.2, 0.25) is 0 Å². The van der Waals surface area contributed by atoms with Gasteiger partial charge < -0.3 is 5.11 Å². The summed E-state index contributed by atoms with van der Waals surface area (Å²) in [6, 6.07) is 20.5. The van der Waals surface area contributed by atoms with Crippen LogP contribution in [0.5, 0.6) is 0 Å². The van der Waals surface area contributed by atoms with E-state index in [4.69, 9.17) is 0 Å². The topological polar surface area (TPSA) is 23.5 Å². The molecule has 0 spiro atoms. The average molecular weight is 295 g/mol. The summed E-state index contributed by atoms with van der Waals surface area (Å²) in [6.07, 6.45) is 1.94. The summed E-state index contributed by atoms with van der Waals surface area (Å²) in [7, 11) is 0. The van der Waals surface area contributed by atoms with Gasteiger partial charge in [-0.15, -0.1) is 0 Å². The van der Waals surface area contributed by atoms with Gasteiger partial charge >= 0.3 is 0 Å². The first kappa shape index (κ1) is 15.3. The van der Waals surface area contributed by atoms with Crippen LogP contribution in [-0.4, -0.2) is 23.1 Å². The second-order valence-corrected chi connectivity index (χ2v) is 6.43. The first-order valence-electron chi connectivity index (χ1n) is 8.27. The molecule has 1 heterocycles. The first-order valence-corrected chi connectivity index (χ1v) is 8.27. The van der Waals surface area contributed by atoms with Gasteiger partial charge in [0, 0.05) is 0 Å². The zero-order valence-electron chi connectivity index (χ0n) is 13.2. The number of benzene rings is 2. The maximum Gasteiger partial charge on any atom is 0.0986 e. The standard InChI is InChI=1S/C20H25NO/c1-16-12-14-21(15-13-16)19(17-8-4-2-5-9-17)20(22)18-10-6-3-7-11-18/h2-11,16,19-20,22H,12-15H2,1H3/t19-,20-/m0/s1. The minimum Gasteiger partial charge on any atom is -0.386 e. The van der Waals surface area contributed by atoms with Gasteiger partial charge in [-0.1, -0.05) is 67.6 Å². The molecule has 116 valence electrons. The third-order valence-electron chi connectivity index (χ3n) is 4.79. The van der Waals surface area contributed by atoms with Crippen molar-refractivity contribution in [3.8, 4) is 0 Å². The highest BCUT2D eigenvalue weighted by Crippen LogP contribution is 2.36. The Morgan fingerprint density at radius 2 is 1.36 bits per heavy atom. The number of rotatable bonds is 4. The van der Waals surface area contributed by atoms with E-state index in [-0.39, 0.29) is 6.04 Å².